The average molecular weight is 521 g/mol. The van der Waals surface area contributed by atoms with E-state index < -0.39 is 35.4 Å². The first-order valence-electron chi connectivity index (χ1n) is 12.4. The van der Waals surface area contributed by atoms with Gasteiger partial charge in [0.05, 0.1) is 5.70 Å². The second-order valence-electron chi connectivity index (χ2n) is 9.13. The van der Waals surface area contributed by atoms with E-state index in [9.17, 15) is 29.4 Å². The van der Waals surface area contributed by atoms with Crippen LogP contribution in [0.1, 0.15) is 33.1 Å². The number of amides is 2. The number of Topliss-reactive ketones (excluding diaryl/α,β-unsaturated/α-hetero) is 2. The number of carbonyl (C=O) groups excluding carboxylic acids is 4. The summed E-state index contributed by atoms with van der Waals surface area (Å²) in [5.41, 5.74) is -1.73. The monoisotopic (exact) mass is 520 g/mol. The van der Waals surface area contributed by atoms with Crippen LogP contribution in [0.25, 0.3) is 0 Å². The molecule has 0 bridgehead atoms. The van der Waals surface area contributed by atoms with Crippen LogP contribution in [0.3, 0.4) is 0 Å². The molecule has 200 valence electrons. The van der Waals surface area contributed by atoms with Crippen LogP contribution in [0, 0.1) is 5.92 Å². The number of fused-ring (bicyclic) bond motifs is 1. The Kier molecular flexibility index (Phi) is 9.70. The Labute approximate surface area is 221 Å². The van der Waals surface area contributed by atoms with Crippen LogP contribution in [0.2, 0.25) is 0 Å². The molecule has 4 atom stereocenters. The molecule has 1 aliphatic heterocycles. The maximum absolute atomic E-state index is 12.4. The van der Waals surface area contributed by atoms with Crippen molar-refractivity contribution in [2.75, 3.05) is 0 Å². The number of carbonyl (C=O) groups is 4. The van der Waals surface area contributed by atoms with Gasteiger partial charge >= 0.3 is 0 Å². The lowest BCUT2D eigenvalue weighted by molar-refractivity contribution is -0.121. The Morgan fingerprint density at radius 3 is 2.29 bits per heavy atom. The fourth-order valence-corrected chi connectivity index (χ4v) is 3.71. The lowest BCUT2D eigenvalue weighted by Crippen LogP contribution is -2.42. The zero-order valence-corrected chi connectivity index (χ0v) is 21.3. The van der Waals surface area contributed by atoms with Gasteiger partial charge < -0.3 is 25.6 Å². The van der Waals surface area contributed by atoms with Gasteiger partial charge in [-0.25, -0.2) is 0 Å². The maximum Gasteiger partial charge on any atom is 0.248 e. The normalized spacial score (nSPS) is 26.4. The Morgan fingerprint density at radius 2 is 1.66 bits per heavy atom. The van der Waals surface area contributed by atoms with E-state index in [1.165, 1.54) is 42.5 Å². The lowest BCUT2D eigenvalue weighted by Gasteiger charge is -2.23. The lowest BCUT2D eigenvalue weighted by atomic mass is 9.88. The van der Waals surface area contributed by atoms with Gasteiger partial charge in [0.2, 0.25) is 17.6 Å². The zero-order chi connectivity index (χ0) is 27.7. The van der Waals surface area contributed by atoms with Crippen LogP contribution in [0.15, 0.2) is 96.1 Å². The second-order valence-corrected chi connectivity index (χ2v) is 9.13. The Bertz CT molecular complexity index is 1220. The highest BCUT2D eigenvalue weighted by atomic mass is 16.6. The van der Waals surface area contributed by atoms with Gasteiger partial charge in [-0.2, -0.15) is 0 Å². The number of aliphatic hydroxyl groups is 2. The maximum atomic E-state index is 12.4. The van der Waals surface area contributed by atoms with E-state index in [1.54, 1.807) is 24.3 Å². The summed E-state index contributed by atoms with van der Waals surface area (Å²) in [6.45, 7) is 4.21. The molecule has 1 fully saturated rings. The standard InChI is InChI=1S/C29H32N2O7/c1-3-19(2)12-8-4-5-9-13-23(34)30-20-18-29(37,28-27(38-28)26(20)36)17-11-7-6-10-14-24(35)31-25-21(32)15-16-22(25)33/h4-14,17-19,27-28,32,37H,3,15-16H2,1-2H3,(H,30,34)(H,31,35)/b5-4+,7-6+,12-8+,13-9+,14-10+,17-11+/t19?,27-,28-,29?/m1/s1. The van der Waals surface area contributed by atoms with E-state index in [-0.39, 0.29) is 35.8 Å². The topological polar surface area (TPSA) is 145 Å². The quantitative estimate of drug-likeness (QED) is 0.186. The summed E-state index contributed by atoms with van der Waals surface area (Å²) in [5, 5.41) is 25.4. The minimum atomic E-state index is -1.61. The molecule has 1 saturated heterocycles. The highest BCUT2D eigenvalue weighted by molar-refractivity contribution is 6.06. The molecule has 9 nitrogen and oxygen atoms in total. The molecule has 1 heterocycles. The van der Waals surface area contributed by atoms with E-state index in [4.69, 9.17) is 4.74 Å². The fraction of sp³-hybridized carbons (Fsp3) is 0.310. The van der Waals surface area contributed by atoms with Crippen molar-refractivity contribution in [1.29, 1.82) is 0 Å². The number of rotatable bonds is 11. The van der Waals surface area contributed by atoms with Gasteiger partial charge in [0.25, 0.3) is 0 Å². The molecule has 3 aliphatic rings. The molecule has 0 saturated carbocycles. The molecular formula is C29H32N2O7. The summed E-state index contributed by atoms with van der Waals surface area (Å²) >= 11 is 0. The van der Waals surface area contributed by atoms with Crippen LogP contribution in [0.5, 0.6) is 0 Å². The number of ether oxygens (including phenoxy) is 1. The van der Waals surface area contributed by atoms with Crippen molar-refractivity contribution in [1.82, 2.24) is 10.6 Å². The molecular weight excluding hydrogens is 488 g/mol. The number of hydrogen-bond acceptors (Lipinski definition) is 7. The highest BCUT2D eigenvalue weighted by Crippen LogP contribution is 2.40. The summed E-state index contributed by atoms with van der Waals surface area (Å²) in [6, 6.07) is 0. The van der Waals surface area contributed by atoms with Crippen molar-refractivity contribution in [2.45, 2.75) is 50.9 Å². The first-order chi connectivity index (χ1) is 18.1. The first kappa shape index (κ1) is 28.5. The van der Waals surface area contributed by atoms with Crippen molar-refractivity contribution < 1.29 is 34.1 Å². The minimum Gasteiger partial charge on any atom is -0.510 e. The second kappa shape index (κ2) is 12.9. The van der Waals surface area contributed by atoms with Gasteiger partial charge in [-0.1, -0.05) is 75.0 Å². The molecule has 2 amide bonds. The van der Waals surface area contributed by atoms with Crippen molar-refractivity contribution in [3.8, 4) is 0 Å². The van der Waals surface area contributed by atoms with Gasteiger partial charge in [0, 0.05) is 25.0 Å². The smallest absolute Gasteiger partial charge is 0.248 e. The van der Waals surface area contributed by atoms with Crippen LogP contribution >= 0.6 is 0 Å². The van der Waals surface area contributed by atoms with Crippen molar-refractivity contribution in [2.24, 2.45) is 5.92 Å². The molecule has 0 spiro atoms. The van der Waals surface area contributed by atoms with Gasteiger partial charge in [0.15, 0.2) is 11.9 Å². The molecule has 4 N–H and O–H groups in total. The molecule has 2 unspecified atom stereocenters. The van der Waals surface area contributed by atoms with E-state index >= 15 is 0 Å². The summed E-state index contributed by atoms with van der Waals surface area (Å²) in [4.78, 5) is 48.2. The van der Waals surface area contributed by atoms with Crippen LogP contribution in [0.4, 0.5) is 0 Å². The molecule has 0 aromatic heterocycles. The zero-order valence-electron chi connectivity index (χ0n) is 21.3. The van der Waals surface area contributed by atoms with Gasteiger partial charge in [-0.15, -0.1) is 0 Å². The third-order valence-electron chi connectivity index (χ3n) is 6.12. The van der Waals surface area contributed by atoms with Gasteiger partial charge in [-0.05, 0) is 18.1 Å². The number of aliphatic hydroxyl groups excluding tert-OH is 1. The molecule has 0 aromatic carbocycles. The summed E-state index contributed by atoms with van der Waals surface area (Å²) < 4.78 is 5.33. The van der Waals surface area contributed by atoms with Crippen molar-refractivity contribution >= 4 is 23.4 Å². The fourth-order valence-electron chi connectivity index (χ4n) is 3.71. The Balaban J connectivity index is 1.54. The molecule has 2 aliphatic carbocycles. The molecule has 0 radical (unpaired) electrons. The summed E-state index contributed by atoms with van der Waals surface area (Å²) in [5.74, 6) is -1.46. The van der Waals surface area contributed by atoms with Crippen molar-refractivity contribution in [3.05, 3.63) is 96.1 Å². The largest absolute Gasteiger partial charge is 0.510 e. The predicted molar refractivity (Wildman–Crippen MR) is 141 cm³/mol. The van der Waals surface area contributed by atoms with Crippen LogP contribution < -0.4 is 10.6 Å². The molecule has 9 heteroatoms. The Morgan fingerprint density at radius 1 is 1.03 bits per heavy atom. The molecule has 38 heavy (non-hydrogen) atoms. The average Bonchev–Trinajstić information content (AvgIpc) is 3.65. The summed E-state index contributed by atoms with van der Waals surface area (Å²) in [7, 11) is 0. The predicted octanol–water partition coefficient (Wildman–Crippen LogP) is 2.70. The minimum absolute atomic E-state index is 0.0502. The van der Waals surface area contributed by atoms with Crippen molar-refractivity contribution in [3.63, 3.8) is 0 Å². The molecule has 0 aromatic rings. The van der Waals surface area contributed by atoms with E-state index in [2.05, 4.69) is 30.6 Å². The van der Waals surface area contributed by atoms with E-state index in [0.29, 0.717) is 5.92 Å². The third kappa shape index (κ3) is 7.71. The highest BCUT2D eigenvalue weighted by Gasteiger charge is 2.59. The van der Waals surface area contributed by atoms with Crippen LogP contribution in [-0.2, 0) is 23.9 Å². The number of ketones is 2. The molecule has 3 rings (SSSR count). The summed E-state index contributed by atoms with van der Waals surface area (Å²) in [6.07, 6.45) is 20.0. The third-order valence-corrected chi connectivity index (χ3v) is 6.12. The van der Waals surface area contributed by atoms with Gasteiger partial charge in [0.1, 0.15) is 23.2 Å². The number of allylic oxidation sites excluding steroid dienone is 11. The number of nitrogens with one attached hydrogen (secondary N) is 2. The Hall–Kier alpha value is -4.08. The van der Waals surface area contributed by atoms with E-state index in [0.717, 1.165) is 6.42 Å². The van der Waals surface area contributed by atoms with Gasteiger partial charge in [-0.3, -0.25) is 19.2 Å². The van der Waals surface area contributed by atoms with E-state index in [1.807, 2.05) is 6.08 Å². The SMILES string of the molecule is CCC(C)/C=C/C=C/C=C/C(=O)NC1=CC(O)(/C=C/C=C/C=C/C(=O)NC2=C(O)CCC2=O)[C@@H]2O[C@@H]2C1=O. The van der Waals surface area contributed by atoms with Crippen LogP contribution in [-0.4, -0.2) is 51.4 Å². The number of hydrogen-bond donors (Lipinski definition) is 4. The first-order valence-corrected chi connectivity index (χ1v) is 12.4. The number of epoxide rings is 1.